The van der Waals surface area contributed by atoms with Gasteiger partial charge in [0.15, 0.2) is 34.4 Å². The minimum atomic E-state index is -4.58. The van der Waals surface area contributed by atoms with Crippen molar-refractivity contribution in [1.29, 1.82) is 5.26 Å². The van der Waals surface area contributed by atoms with E-state index in [9.17, 15) is 29.1 Å². The summed E-state index contributed by atoms with van der Waals surface area (Å²) < 4.78 is 61.2. The number of carbonyl (C=O) groups excluding carboxylic acids is 2. The number of nitriles is 1. The lowest BCUT2D eigenvalue weighted by molar-refractivity contribution is -0.183. The molecular formula is C36H39N11O12P2S2. The van der Waals surface area contributed by atoms with Crippen molar-refractivity contribution in [2.24, 2.45) is 11.8 Å². The second kappa shape index (κ2) is 17.1. The maximum Gasteiger partial charge on any atom is 0.475 e. The molecule has 0 radical (unpaired) electrons. The van der Waals surface area contributed by atoms with E-state index in [-0.39, 0.29) is 66.2 Å². The number of rotatable bonds is 9. The lowest BCUT2D eigenvalue weighted by atomic mass is 10.0. The van der Waals surface area contributed by atoms with Gasteiger partial charge in [0.25, 0.3) is 11.5 Å². The third kappa shape index (κ3) is 8.35. The molecule has 2 unspecified atom stereocenters. The van der Waals surface area contributed by atoms with Gasteiger partial charge >= 0.3 is 14.5 Å². The number of phosphoric acid groups is 1. The molecule has 0 aliphatic carbocycles. The first-order chi connectivity index (χ1) is 30.2. The van der Waals surface area contributed by atoms with Crippen LogP contribution in [-0.2, 0) is 53.3 Å². The highest BCUT2D eigenvalue weighted by Crippen LogP contribution is 2.62. The quantitative estimate of drug-likeness (QED) is 0.121. The second-order valence-electron chi connectivity index (χ2n) is 15.3. The molecule has 4 aromatic heterocycles. The van der Waals surface area contributed by atoms with Gasteiger partial charge in [0.1, 0.15) is 35.6 Å². The second-order valence-corrected chi connectivity index (χ2v) is 21.1. The lowest BCUT2D eigenvalue weighted by Crippen LogP contribution is -2.46. The van der Waals surface area contributed by atoms with Crippen LogP contribution in [0.25, 0.3) is 22.3 Å². The van der Waals surface area contributed by atoms with Crippen LogP contribution in [0.15, 0.2) is 54.1 Å². The van der Waals surface area contributed by atoms with Gasteiger partial charge in [-0.2, -0.15) is 10.2 Å². The number of anilines is 2. The van der Waals surface area contributed by atoms with Gasteiger partial charge in [0.2, 0.25) is 11.9 Å². The van der Waals surface area contributed by atoms with Gasteiger partial charge in [-0.05, 0) is 29.9 Å². The SMILES string of the molecule is CC(C)C(=O)Nc1nc2c(ncn2[C@@H]2S[C@@H]3COP(=O)(OCCC#N)O[C@H]4[C@H]5OC[C@]4(COP(O)(=S)O[C@@H]2[C@@H]3C)O[C@H]5n2cnc3c(NC(=O)c4ccccc4)ncnc32)c(=O)[nH]1. The predicted molar refractivity (Wildman–Crippen MR) is 225 cm³/mol. The zero-order chi connectivity index (χ0) is 44.3. The minimum absolute atomic E-state index is 0.0266. The highest BCUT2D eigenvalue weighted by Gasteiger charge is 2.66. The Kier molecular flexibility index (Phi) is 11.9. The Labute approximate surface area is 366 Å². The highest BCUT2D eigenvalue weighted by atomic mass is 32.5. The number of benzene rings is 1. The van der Waals surface area contributed by atoms with E-state index in [1.807, 2.05) is 13.0 Å². The number of ether oxygens (including phenoxy) is 2. The summed E-state index contributed by atoms with van der Waals surface area (Å²) in [6.45, 7) is -0.263. The lowest BCUT2D eigenvalue weighted by Gasteiger charge is -2.33. The minimum Gasteiger partial charge on any atom is -0.367 e. The van der Waals surface area contributed by atoms with Crippen LogP contribution >= 0.6 is 26.3 Å². The molecule has 4 saturated heterocycles. The zero-order valence-corrected chi connectivity index (χ0v) is 36.9. The Morgan fingerprint density at radius 1 is 1.08 bits per heavy atom. The Balaban J connectivity index is 1.04. The molecule has 1 aromatic carbocycles. The van der Waals surface area contributed by atoms with Crippen LogP contribution in [0.5, 0.6) is 0 Å². The Morgan fingerprint density at radius 3 is 2.63 bits per heavy atom. The molecule has 9 rings (SSSR count). The fraction of sp³-hybridized carbons (Fsp3) is 0.472. The van der Waals surface area contributed by atoms with Gasteiger partial charge in [-0.1, -0.05) is 39.0 Å². The average Bonchev–Trinajstić information content (AvgIpc) is 4.08. The third-order valence-electron chi connectivity index (χ3n) is 10.9. The monoisotopic (exact) mass is 943 g/mol. The van der Waals surface area contributed by atoms with Crippen LogP contribution in [0, 0.1) is 23.2 Å². The number of nitrogens with zero attached hydrogens (tertiary/aromatic N) is 8. The maximum absolute atomic E-state index is 14.8. The summed E-state index contributed by atoms with van der Waals surface area (Å²) in [5, 5.41) is 13.4. The molecule has 4 aliphatic heterocycles. The van der Waals surface area contributed by atoms with E-state index in [0.29, 0.717) is 5.56 Å². The van der Waals surface area contributed by atoms with Crippen LogP contribution < -0.4 is 16.2 Å². The van der Waals surface area contributed by atoms with E-state index >= 15 is 0 Å². The van der Waals surface area contributed by atoms with Crippen molar-refractivity contribution in [1.82, 2.24) is 39.0 Å². The first-order valence-corrected chi connectivity index (χ1v) is 24.5. The van der Waals surface area contributed by atoms with Crippen molar-refractivity contribution in [3.8, 4) is 6.07 Å². The van der Waals surface area contributed by atoms with Crippen LogP contribution in [-0.4, -0.2) is 111 Å². The summed E-state index contributed by atoms with van der Waals surface area (Å²) >= 11 is 6.91. The smallest absolute Gasteiger partial charge is 0.367 e. The standard InChI is InChI=1S/C36H39N11O12P2S2/c1-18(2)30(48)44-35-43-29-23(32(50)45-35)41-17-47(29)34-24-19(3)21(63-34)12-55-60(51,54-11-7-10-37)59-26-25-33(57-36(26,13-53-25)14-56-61(52,62)58-24)46-16-40-22-27(38-15-39-28(22)46)42-31(49)20-8-5-4-6-9-20/h4-6,8-9,15-19,21,24-26,33-34H,7,11-14H2,1-3H3,(H,52,62)(H,38,39,42,49)(H2,43,44,45,48,50)/t19-,21-,24-,25-,26+,33-,34-,36-,60?,61?/m1/s1. The van der Waals surface area contributed by atoms with E-state index in [1.54, 1.807) is 48.7 Å². The normalized spacial score (nSPS) is 31.8. The fourth-order valence-electron chi connectivity index (χ4n) is 7.60. The van der Waals surface area contributed by atoms with Crippen LogP contribution in [0.1, 0.15) is 49.2 Å². The van der Waals surface area contributed by atoms with Crippen molar-refractivity contribution < 1.29 is 51.1 Å². The molecule has 63 heavy (non-hydrogen) atoms. The summed E-state index contributed by atoms with van der Waals surface area (Å²) in [4.78, 5) is 74.9. The molecule has 4 N–H and O–H groups in total. The number of hydrogen-bond acceptors (Lipinski definition) is 19. The number of nitrogens with one attached hydrogen (secondary N) is 3. The van der Waals surface area contributed by atoms with Crippen LogP contribution in [0.2, 0.25) is 0 Å². The van der Waals surface area contributed by atoms with E-state index in [0.717, 1.165) is 0 Å². The molecule has 27 heteroatoms. The number of phosphoric ester groups is 1. The fourth-order valence-corrected chi connectivity index (χ4v) is 12.4. The summed E-state index contributed by atoms with van der Waals surface area (Å²) in [6, 6.07) is 10.5. The summed E-state index contributed by atoms with van der Waals surface area (Å²) in [5.74, 6) is -1.67. The Hall–Kier alpha value is -4.54. The van der Waals surface area contributed by atoms with Crippen molar-refractivity contribution in [2.45, 2.75) is 68.0 Å². The van der Waals surface area contributed by atoms with Crippen LogP contribution in [0.3, 0.4) is 0 Å². The number of fused-ring (bicyclic) bond motifs is 4. The van der Waals surface area contributed by atoms with E-state index in [1.165, 1.54) is 35.3 Å². The number of carbonyl (C=O) groups is 2. The molecule has 5 aromatic rings. The maximum atomic E-state index is 14.8. The average molecular weight is 944 g/mol. The van der Waals surface area contributed by atoms with Crippen LogP contribution in [0.4, 0.5) is 11.8 Å². The molecule has 0 spiro atoms. The molecule has 10 atom stereocenters. The number of imidazole rings is 2. The molecule has 23 nitrogen and oxygen atoms in total. The number of aromatic amines is 1. The van der Waals surface area contributed by atoms with Gasteiger partial charge in [0.05, 0.1) is 51.6 Å². The summed E-state index contributed by atoms with van der Waals surface area (Å²) in [5.41, 5.74) is -1.29. The molecule has 332 valence electrons. The topological polar surface area (TPSA) is 291 Å². The van der Waals surface area contributed by atoms with Gasteiger partial charge in [0, 0.05) is 16.7 Å². The molecule has 8 heterocycles. The molecule has 0 saturated carbocycles. The number of aromatic nitrogens is 8. The van der Waals surface area contributed by atoms with E-state index in [2.05, 4.69) is 40.5 Å². The zero-order valence-electron chi connectivity index (χ0n) is 33.5. The number of hydrogen-bond donors (Lipinski definition) is 4. The van der Waals surface area contributed by atoms with Crippen molar-refractivity contribution >= 4 is 84.0 Å². The first kappa shape index (κ1) is 43.7. The first-order valence-electron chi connectivity index (χ1n) is 19.5. The largest absolute Gasteiger partial charge is 0.475 e. The molecule has 4 aliphatic rings. The molecular weight excluding hydrogens is 905 g/mol. The highest BCUT2D eigenvalue weighted by molar-refractivity contribution is 8.07. The van der Waals surface area contributed by atoms with E-state index < -0.39 is 85.2 Å². The molecule has 4 bridgehead atoms. The summed E-state index contributed by atoms with van der Waals surface area (Å²) in [6.07, 6.45) is -0.394. The Morgan fingerprint density at radius 2 is 1.86 bits per heavy atom. The summed E-state index contributed by atoms with van der Waals surface area (Å²) in [7, 11) is -4.58. The number of thioether (sulfide) groups is 1. The van der Waals surface area contributed by atoms with Crippen molar-refractivity contribution in [3.05, 3.63) is 65.2 Å². The van der Waals surface area contributed by atoms with Gasteiger partial charge in [-0.15, -0.1) is 11.8 Å². The van der Waals surface area contributed by atoms with Gasteiger partial charge < -0.3 is 28.7 Å². The van der Waals surface area contributed by atoms with Gasteiger partial charge in [-0.25, -0.2) is 24.5 Å². The molecule has 4 fully saturated rings. The number of amides is 2. The third-order valence-corrected chi connectivity index (χ3v) is 15.6. The molecule has 2 amide bonds. The van der Waals surface area contributed by atoms with Crippen molar-refractivity contribution in [3.63, 3.8) is 0 Å². The van der Waals surface area contributed by atoms with Crippen molar-refractivity contribution in [2.75, 3.05) is 37.1 Å². The predicted octanol–water partition coefficient (Wildman–Crippen LogP) is 3.80. The number of H-pyrrole nitrogens is 1. The van der Waals surface area contributed by atoms with E-state index in [4.69, 9.17) is 43.9 Å². The Bertz CT molecular complexity index is 2790. The van der Waals surface area contributed by atoms with Gasteiger partial charge in [-0.3, -0.25) is 47.4 Å².